The molecule has 0 aromatic carbocycles. The number of hydrogen-bond acceptors (Lipinski definition) is 4. The first-order valence-corrected chi connectivity index (χ1v) is 8.48. The van der Waals surface area contributed by atoms with Crippen molar-refractivity contribution in [1.29, 1.82) is 0 Å². The minimum absolute atomic E-state index is 0.0615. The van der Waals surface area contributed by atoms with E-state index in [1.165, 1.54) is 12.8 Å². The van der Waals surface area contributed by atoms with E-state index in [4.69, 9.17) is 10.5 Å². The Hall–Kier alpha value is -1.14. The minimum atomic E-state index is -0.608. The van der Waals surface area contributed by atoms with Gasteiger partial charge in [0.15, 0.2) is 0 Å². The molecule has 3 unspecified atom stereocenters. The average molecular weight is 311 g/mol. The number of amides is 2. The number of nitrogens with one attached hydrogen (secondary N) is 2. The van der Waals surface area contributed by atoms with Gasteiger partial charge in [-0.05, 0) is 58.0 Å². The standard InChI is InChI=1S/C16H29N3O3/c1-11(15(17)20)19-16(21)13-3-2-4-14(9-13)22-10-12-5-7-18-8-6-12/h11-14,18H,2-10H2,1H3,(H2,17,20)(H,19,21). The summed E-state index contributed by atoms with van der Waals surface area (Å²) in [4.78, 5) is 23.2. The molecule has 1 saturated heterocycles. The van der Waals surface area contributed by atoms with Gasteiger partial charge in [0.1, 0.15) is 6.04 Å². The zero-order valence-electron chi connectivity index (χ0n) is 13.5. The third-order valence-electron chi connectivity index (χ3n) is 4.81. The Kier molecular flexibility index (Phi) is 6.64. The zero-order valence-corrected chi connectivity index (χ0v) is 13.5. The second-order valence-electron chi connectivity index (χ2n) is 6.64. The number of carbonyl (C=O) groups excluding carboxylic acids is 2. The smallest absolute Gasteiger partial charge is 0.239 e. The van der Waals surface area contributed by atoms with Gasteiger partial charge < -0.3 is 21.1 Å². The lowest BCUT2D eigenvalue weighted by Gasteiger charge is -2.31. The van der Waals surface area contributed by atoms with Crippen molar-refractivity contribution in [3.05, 3.63) is 0 Å². The normalized spacial score (nSPS) is 28.0. The van der Waals surface area contributed by atoms with Crippen LogP contribution in [0.4, 0.5) is 0 Å². The van der Waals surface area contributed by atoms with Crippen LogP contribution in [0.3, 0.4) is 0 Å². The van der Waals surface area contributed by atoms with Crippen LogP contribution in [0.2, 0.25) is 0 Å². The summed E-state index contributed by atoms with van der Waals surface area (Å²) >= 11 is 0. The van der Waals surface area contributed by atoms with Crippen molar-refractivity contribution in [2.75, 3.05) is 19.7 Å². The topological polar surface area (TPSA) is 93.4 Å². The van der Waals surface area contributed by atoms with Crippen LogP contribution >= 0.6 is 0 Å². The molecule has 0 radical (unpaired) electrons. The highest BCUT2D eigenvalue weighted by Crippen LogP contribution is 2.27. The molecule has 1 heterocycles. The number of rotatable bonds is 6. The number of ether oxygens (including phenoxy) is 1. The van der Waals surface area contributed by atoms with E-state index in [1.54, 1.807) is 6.92 Å². The van der Waals surface area contributed by atoms with E-state index in [0.29, 0.717) is 5.92 Å². The summed E-state index contributed by atoms with van der Waals surface area (Å²) < 4.78 is 6.06. The Bertz CT molecular complexity index is 383. The molecule has 6 heteroatoms. The molecule has 2 aliphatic rings. The first-order chi connectivity index (χ1) is 10.6. The van der Waals surface area contributed by atoms with Crippen LogP contribution in [0.15, 0.2) is 0 Å². The Labute approximate surface area is 132 Å². The third kappa shape index (κ3) is 5.25. The molecule has 0 aromatic heterocycles. The number of nitrogens with two attached hydrogens (primary N) is 1. The Morgan fingerprint density at radius 2 is 2.00 bits per heavy atom. The summed E-state index contributed by atoms with van der Waals surface area (Å²) in [6.45, 7) is 4.58. The van der Waals surface area contributed by atoms with Gasteiger partial charge in [-0.2, -0.15) is 0 Å². The predicted molar refractivity (Wildman–Crippen MR) is 84.1 cm³/mol. The van der Waals surface area contributed by atoms with Gasteiger partial charge >= 0.3 is 0 Å². The molecule has 1 aliphatic carbocycles. The molecular formula is C16H29N3O3. The summed E-state index contributed by atoms with van der Waals surface area (Å²) in [6, 6.07) is -0.608. The Morgan fingerprint density at radius 1 is 1.27 bits per heavy atom. The van der Waals surface area contributed by atoms with E-state index in [-0.39, 0.29) is 17.9 Å². The molecule has 0 bridgehead atoms. The van der Waals surface area contributed by atoms with Gasteiger partial charge in [0.25, 0.3) is 0 Å². The quantitative estimate of drug-likeness (QED) is 0.668. The minimum Gasteiger partial charge on any atom is -0.378 e. The van der Waals surface area contributed by atoms with E-state index in [9.17, 15) is 9.59 Å². The van der Waals surface area contributed by atoms with Gasteiger partial charge in [-0.15, -0.1) is 0 Å². The monoisotopic (exact) mass is 311 g/mol. The molecule has 126 valence electrons. The fraction of sp³-hybridized carbons (Fsp3) is 0.875. The number of piperidine rings is 1. The zero-order chi connectivity index (χ0) is 15.9. The highest BCUT2D eigenvalue weighted by atomic mass is 16.5. The van der Waals surface area contributed by atoms with Crippen molar-refractivity contribution < 1.29 is 14.3 Å². The average Bonchev–Trinajstić information content (AvgIpc) is 2.54. The van der Waals surface area contributed by atoms with Crippen LogP contribution in [-0.2, 0) is 14.3 Å². The van der Waals surface area contributed by atoms with Crippen LogP contribution in [0, 0.1) is 11.8 Å². The Morgan fingerprint density at radius 3 is 2.68 bits per heavy atom. The van der Waals surface area contributed by atoms with Crippen molar-refractivity contribution in [2.24, 2.45) is 17.6 Å². The van der Waals surface area contributed by atoms with E-state index in [0.717, 1.165) is 45.4 Å². The van der Waals surface area contributed by atoms with Crippen LogP contribution in [0.5, 0.6) is 0 Å². The fourth-order valence-corrected chi connectivity index (χ4v) is 3.26. The highest BCUT2D eigenvalue weighted by molar-refractivity contribution is 5.87. The van der Waals surface area contributed by atoms with Crippen molar-refractivity contribution in [3.63, 3.8) is 0 Å². The Balaban J connectivity index is 1.73. The van der Waals surface area contributed by atoms with Crippen LogP contribution in [0.25, 0.3) is 0 Å². The molecule has 22 heavy (non-hydrogen) atoms. The first kappa shape index (κ1) is 17.2. The van der Waals surface area contributed by atoms with E-state index in [2.05, 4.69) is 10.6 Å². The molecule has 3 atom stereocenters. The second kappa shape index (κ2) is 8.48. The molecule has 6 nitrogen and oxygen atoms in total. The molecule has 4 N–H and O–H groups in total. The van der Waals surface area contributed by atoms with E-state index >= 15 is 0 Å². The summed E-state index contributed by atoms with van der Waals surface area (Å²) in [5.74, 6) is 0.0169. The van der Waals surface area contributed by atoms with Gasteiger partial charge in [-0.1, -0.05) is 6.42 Å². The maximum atomic E-state index is 12.2. The largest absolute Gasteiger partial charge is 0.378 e. The van der Waals surface area contributed by atoms with Gasteiger partial charge in [0.05, 0.1) is 6.10 Å². The molecule has 1 saturated carbocycles. The van der Waals surface area contributed by atoms with Gasteiger partial charge in [-0.25, -0.2) is 0 Å². The van der Waals surface area contributed by atoms with Crippen molar-refractivity contribution in [1.82, 2.24) is 10.6 Å². The van der Waals surface area contributed by atoms with Gasteiger partial charge in [0.2, 0.25) is 11.8 Å². The summed E-state index contributed by atoms with van der Waals surface area (Å²) in [7, 11) is 0. The number of carbonyl (C=O) groups is 2. The first-order valence-electron chi connectivity index (χ1n) is 8.48. The number of primary amides is 1. The SMILES string of the molecule is CC(NC(=O)C1CCCC(OCC2CCNCC2)C1)C(N)=O. The van der Waals surface area contributed by atoms with Crippen LogP contribution < -0.4 is 16.4 Å². The van der Waals surface area contributed by atoms with E-state index in [1.807, 2.05) is 0 Å². The van der Waals surface area contributed by atoms with Gasteiger partial charge in [0, 0.05) is 12.5 Å². The van der Waals surface area contributed by atoms with Crippen LogP contribution in [0.1, 0.15) is 45.4 Å². The summed E-state index contributed by atoms with van der Waals surface area (Å²) in [6.07, 6.45) is 6.16. The molecule has 0 spiro atoms. The lowest BCUT2D eigenvalue weighted by Crippen LogP contribution is -2.46. The van der Waals surface area contributed by atoms with Crippen LogP contribution in [-0.4, -0.2) is 43.7 Å². The van der Waals surface area contributed by atoms with Crippen molar-refractivity contribution in [3.8, 4) is 0 Å². The summed E-state index contributed by atoms with van der Waals surface area (Å²) in [5.41, 5.74) is 5.19. The highest BCUT2D eigenvalue weighted by Gasteiger charge is 2.29. The molecule has 0 aromatic rings. The molecule has 2 rings (SSSR count). The van der Waals surface area contributed by atoms with Gasteiger partial charge in [-0.3, -0.25) is 9.59 Å². The molecule has 2 fully saturated rings. The predicted octanol–water partition coefficient (Wildman–Crippen LogP) is 0.551. The maximum absolute atomic E-state index is 12.2. The lowest BCUT2D eigenvalue weighted by atomic mass is 9.86. The second-order valence-corrected chi connectivity index (χ2v) is 6.64. The van der Waals surface area contributed by atoms with E-state index < -0.39 is 11.9 Å². The summed E-state index contributed by atoms with van der Waals surface area (Å²) in [5, 5.41) is 6.05. The van der Waals surface area contributed by atoms with Crippen molar-refractivity contribution in [2.45, 2.75) is 57.6 Å². The molecule has 2 amide bonds. The molecular weight excluding hydrogens is 282 g/mol. The number of hydrogen-bond donors (Lipinski definition) is 3. The third-order valence-corrected chi connectivity index (χ3v) is 4.81. The maximum Gasteiger partial charge on any atom is 0.239 e. The lowest BCUT2D eigenvalue weighted by molar-refractivity contribution is -0.132. The fourth-order valence-electron chi connectivity index (χ4n) is 3.26. The van der Waals surface area contributed by atoms with Crippen molar-refractivity contribution >= 4 is 11.8 Å². The molecule has 1 aliphatic heterocycles.